The molecule has 0 bridgehead atoms. The molecule has 3 rings (SSSR count). The average Bonchev–Trinajstić information content (AvgIpc) is 2.91. The number of carbonyl (C=O) groups is 1. The Kier molecular flexibility index (Phi) is 3.55. The predicted octanol–water partition coefficient (Wildman–Crippen LogP) is 1.34. The van der Waals surface area contributed by atoms with Crippen LogP contribution >= 0.6 is 0 Å². The molecule has 1 fully saturated rings. The van der Waals surface area contributed by atoms with Crippen LogP contribution in [0.2, 0.25) is 0 Å². The molecule has 1 saturated heterocycles. The molecule has 0 unspecified atom stereocenters. The molecule has 1 aliphatic rings. The Morgan fingerprint density at radius 2 is 2.19 bits per heavy atom. The zero-order valence-electron chi connectivity index (χ0n) is 12.6. The Labute approximate surface area is 123 Å². The average molecular weight is 288 g/mol. The molecule has 1 aliphatic heterocycles. The van der Waals surface area contributed by atoms with E-state index in [1.165, 1.54) is 0 Å². The van der Waals surface area contributed by atoms with Crippen LogP contribution in [0, 0.1) is 26.7 Å². The third kappa shape index (κ3) is 2.58. The van der Waals surface area contributed by atoms with E-state index in [9.17, 15) is 4.79 Å². The van der Waals surface area contributed by atoms with Crippen LogP contribution < -0.4 is 10.6 Å². The number of aromatic nitrogens is 2. The summed E-state index contributed by atoms with van der Waals surface area (Å²) < 4.78 is 7.06. The highest BCUT2D eigenvalue weighted by molar-refractivity contribution is 5.95. The quantitative estimate of drug-likeness (QED) is 0.890. The fraction of sp³-hybridized carbons (Fsp3) is 0.467. The number of nitrogens with zero attached hydrogens (tertiary/aromatic N) is 2. The topological polar surface area (TPSA) is 72.1 Å². The third-order valence-electron chi connectivity index (χ3n) is 3.94. The molecule has 6 heteroatoms. The number of rotatable bonds is 4. The van der Waals surface area contributed by atoms with Gasteiger partial charge >= 0.3 is 0 Å². The maximum atomic E-state index is 12.3. The lowest BCUT2D eigenvalue weighted by molar-refractivity contribution is 0.0941. The van der Waals surface area contributed by atoms with Gasteiger partial charge in [-0.2, -0.15) is 0 Å². The van der Waals surface area contributed by atoms with Gasteiger partial charge in [0.25, 0.3) is 5.91 Å². The van der Waals surface area contributed by atoms with Crippen LogP contribution in [-0.2, 0) is 0 Å². The first-order valence-electron chi connectivity index (χ1n) is 7.18. The van der Waals surface area contributed by atoms with Crippen molar-refractivity contribution in [3.63, 3.8) is 0 Å². The molecule has 0 radical (unpaired) electrons. The minimum atomic E-state index is -0.0264. The van der Waals surface area contributed by atoms with E-state index in [-0.39, 0.29) is 5.91 Å². The van der Waals surface area contributed by atoms with Crippen molar-refractivity contribution in [2.24, 2.45) is 5.92 Å². The molecule has 2 aromatic heterocycles. The van der Waals surface area contributed by atoms with Crippen molar-refractivity contribution in [1.29, 1.82) is 0 Å². The summed E-state index contributed by atoms with van der Waals surface area (Å²) in [5.74, 6) is 1.99. The molecule has 0 aliphatic carbocycles. The highest BCUT2D eigenvalue weighted by atomic mass is 16.5. The Morgan fingerprint density at radius 1 is 1.43 bits per heavy atom. The van der Waals surface area contributed by atoms with Gasteiger partial charge in [0.15, 0.2) is 5.82 Å². The van der Waals surface area contributed by atoms with Crippen LogP contribution in [0.25, 0.3) is 5.82 Å². The van der Waals surface area contributed by atoms with Crippen LogP contribution in [0.1, 0.15) is 27.5 Å². The first-order chi connectivity index (χ1) is 10.1. The molecule has 0 atom stereocenters. The van der Waals surface area contributed by atoms with Gasteiger partial charge in [0.05, 0.1) is 5.56 Å². The van der Waals surface area contributed by atoms with E-state index in [2.05, 4.69) is 15.8 Å². The van der Waals surface area contributed by atoms with Gasteiger partial charge in [-0.1, -0.05) is 5.16 Å². The van der Waals surface area contributed by atoms with Gasteiger partial charge in [-0.25, -0.2) is 0 Å². The summed E-state index contributed by atoms with van der Waals surface area (Å²) in [6.45, 7) is 8.43. The van der Waals surface area contributed by atoms with E-state index in [0.717, 1.165) is 36.8 Å². The molecule has 21 heavy (non-hydrogen) atoms. The Bertz CT molecular complexity index is 667. The standard InChI is InChI=1S/C15H20N4O2/c1-9-4-13(15(20)17-8-12-6-16-7-12)11(3)19(9)14-5-10(2)21-18-14/h4-5,12,16H,6-8H2,1-3H3,(H,17,20). The van der Waals surface area contributed by atoms with E-state index in [4.69, 9.17) is 4.52 Å². The van der Waals surface area contributed by atoms with Crippen molar-refractivity contribution in [3.8, 4) is 5.82 Å². The highest BCUT2D eigenvalue weighted by Gasteiger charge is 2.21. The second-order valence-corrected chi connectivity index (χ2v) is 5.65. The molecule has 112 valence electrons. The van der Waals surface area contributed by atoms with E-state index in [1.807, 2.05) is 37.5 Å². The maximum Gasteiger partial charge on any atom is 0.253 e. The van der Waals surface area contributed by atoms with Gasteiger partial charge in [-0.05, 0) is 26.8 Å². The van der Waals surface area contributed by atoms with Gasteiger partial charge in [-0.3, -0.25) is 9.36 Å². The zero-order chi connectivity index (χ0) is 15.0. The second kappa shape index (κ2) is 5.37. The third-order valence-corrected chi connectivity index (χ3v) is 3.94. The van der Waals surface area contributed by atoms with Crippen LogP contribution in [0.15, 0.2) is 16.7 Å². The molecule has 3 heterocycles. The van der Waals surface area contributed by atoms with Crippen molar-refractivity contribution < 1.29 is 9.32 Å². The van der Waals surface area contributed by atoms with Gasteiger partial charge < -0.3 is 15.2 Å². The summed E-state index contributed by atoms with van der Waals surface area (Å²) in [5.41, 5.74) is 2.54. The number of carbonyl (C=O) groups excluding carboxylic acids is 1. The first kappa shape index (κ1) is 13.9. The van der Waals surface area contributed by atoms with E-state index in [1.54, 1.807) is 0 Å². The molecule has 1 amide bonds. The van der Waals surface area contributed by atoms with Gasteiger partial charge in [0, 0.05) is 43.0 Å². The fourth-order valence-corrected chi connectivity index (χ4v) is 2.63. The Hall–Kier alpha value is -2.08. The van der Waals surface area contributed by atoms with E-state index in [0.29, 0.717) is 17.3 Å². The highest BCUT2D eigenvalue weighted by Crippen LogP contribution is 2.20. The zero-order valence-corrected chi connectivity index (χ0v) is 12.6. The van der Waals surface area contributed by atoms with Crippen molar-refractivity contribution in [2.75, 3.05) is 19.6 Å². The van der Waals surface area contributed by atoms with Crippen molar-refractivity contribution in [2.45, 2.75) is 20.8 Å². The molecule has 0 spiro atoms. The molecule has 6 nitrogen and oxygen atoms in total. The number of hydrogen-bond donors (Lipinski definition) is 2. The van der Waals surface area contributed by atoms with Crippen LogP contribution in [0.5, 0.6) is 0 Å². The van der Waals surface area contributed by atoms with Crippen LogP contribution in [0.3, 0.4) is 0 Å². The summed E-state index contributed by atoms with van der Waals surface area (Å²) in [6, 6.07) is 3.76. The summed E-state index contributed by atoms with van der Waals surface area (Å²) in [4.78, 5) is 12.3. The van der Waals surface area contributed by atoms with Crippen LogP contribution in [-0.4, -0.2) is 35.3 Å². The summed E-state index contributed by atoms with van der Waals surface area (Å²) in [7, 11) is 0. The number of aryl methyl sites for hydroxylation is 2. The maximum absolute atomic E-state index is 12.3. The molecular formula is C15H20N4O2. The smallest absolute Gasteiger partial charge is 0.253 e. The van der Waals surface area contributed by atoms with Gasteiger partial charge in [-0.15, -0.1) is 0 Å². The SMILES string of the molecule is Cc1cc(-n2c(C)cc(C(=O)NCC3CNC3)c2C)no1. The van der Waals surface area contributed by atoms with E-state index < -0.39 is 0 Å². The van der Waals surface area contributed by atoms with Crippen molar-refractivity contribution >= 4 is 5.91 Å². The second-order valence-electron chi connectivity index (χ2n) is 5.65. The van der Waals surface area contributed by atoms with E-state index >= 15 is 0 Å². The minimum Gasteiger partial charge on any atom is -0.360 e. The molecule has 2 N–H and O–H groups in total. The number of nitrogens with one attached hydrogen (secondary N) is 2. The molecular weight excluding hydrogens is 268 g/mol. The minimum absolute atomic E-state index is 0.0264. The number of amides is 1. The lowest BCUT2D eigenvalue weighted by Gasteiger charge is -2.27. The first-order valence-corrected chi connectivity index (χ1v) is 7.18. The van der Waals surface area contributed by atoms with Crippen molar-refractivity contribution in [1.82, 2.24) is 20.4 Å². The van der Waals surface area contributed by atoms with Gasteiger partial charge in [0.1, 0.15) is 5.76 Å². The fourth-order valence-electron chi connectivity index (χ4n) is 2.63. The largest absolute Gasteiger partial charge is 0.360 e. The number of hydrogen-bond acceptors (Lipinski definition) is 4. The predicted molar refractivity (Wildman–Crippen MR) is 78.7 cm³/mol. The summed E-state index contributed by atoms with van der Waals surface area (Å²) >= 11 is 0. The lowest BCUT2D eigenvalue weighted by Crippen LogP contribution is -2.48. The molecule has 0 saturated carbocycles. The summed E-state index contributed by atoms with van der Waals surface area (Å²) in [6.07, 6.45) is 0. The Morgan fingerprint density at radius 3 is 2.76 bits per heavy atom. The van der Waals surface area contributed by atoms with Gasteiger partial charge in [0.2, 0.25) is 0 Å². The van der Waals surface area contributed by atoms with Crippen molar-refractivity contribution in [3.05, 3.63) is 34.8 Å². The molecule has 2 aromatic rings. The molecule has 0 aromatic carbocycles. The normalized spacial score (nSPS) is 15.0. The van der Waals surface area contributed by atoms with Crippen LogP contribution in [0.4, 0.5) is 0 Å². The monoisotopic (exact) mass is 288 g/mol. The lowest BCUT2D eigenvalue weighted by atomic mass is 10.0. The Balaban J connectivity index is 1.81. The summed E-state index contributed by atoms with van der Waals surface area (Å²) in [5, 5.41) is 10.2.